The van der Waals surface area contributed by atoms with E-state index in [1.54, 1.807) is 0 Å². The molecule has 0 spiro atoms. The van der Waals surface area contributed by atoms with Crippen molar-refractivity contribution in [2.45, 2.75) is 44.8 Å². The summed E-state index contributed by atoms with van der Waals surface area (Å²) in [7, 11) is 0. The number of carbonyl (C=O) groups excluding carboxylic acids is 1. The zero-order valence-electron chi connectivity index (χ0n) is 21.5. The Balaban J connectivity index is 1.65. The van der Waals surface area contributed by atoms with Crippen LogP contribution in [-0.4, -0.2) is 122 Å². The topological polar surface area (TPSA) is 140 Å². The maximum Gasteiger partial charge on any atom is 0.303 e. The van der Waals surface area contributed by atoms with Crippen LogP contribution in [-0.2, 0) is 47.5 Å². The molecule has 1 fully saturated rings. The molecule has 1 heterocycles. The third-order valence-electron chi connectivity index (χ3n) is 4.88. The van der Waals surface area contributed by atoms with E-state index in [1.165, 1.54) is 0 Å². The number of carbonyl (C=O) groups is 2. The van der Waals surface area contributed by atoms with E-state index >= 15 is 0 Å². The van der Waals surface area contributed by atoms with Crippen molar-refractivity contribution in [1.29, 1.82) is 0 Å². The molecule has 0 aliphatic carbocycles. The van der Waals surface area contributed by atoms with Gasteiger partial charge in [-0.15, -0.1) is 0 Å². The smallest absolute Gasteiger partial charge is 0.303 e. The summed E-state index contributed by atoms with van der Waals surface area (Å²) < 4.78 is 43.6. The van der Waals surface area contributed by atoms with Crippen LogP contribution in [0.4, 0.5) is 0 Å². The molecule has 1 aliphatic heterocycles. The predicted octanol–water partition coefficient (Wildman–Crippen LogP) is 1.00. The summed E-state index contributed by atoms with van der Waals surface area (Å²) in [5.74, 6) is -1.24. The van der Waals surface area contributed by atoms with Crippen molar-refractivity contribution in [1.82, 2.24) is 5.32 Å². The highest BCUT2D eigenvalue weighted by atomic mass is 16.7. The van der Waals surface area contributed by atoms with E-state index in [-0.39, 0.29) is 25.0 Å². The first-order valence-electron chi connectivity index (χ1n) is 12.9. The maximum atomic E-state index is 11.3. The molecule has 36 heavy (non-hydrogen) atoms. The highest BCUT2D eigenvalue weighted by Crippen LogP contribution is 2.13. The molecule has 0 bridgehead atoms. The molecule has 0 saturated carbocycles. The van der Waals surface area contributed by atoms with E-state index in [0.29, 0.717) is 98.9 Å². The Morgan fingerprint density at radius 3 is 1.67 bits per heavy atom. The fourth-order valence-corrected chi connectivity index (χ4v) is 2.99. The quantitative estimate of drug-likeness (QED) is 0.157. The molecule has 1 atom stereocenters. The molecule has 1 saturated heterocycles. The molecule has 1 unspecified atom stereocenters. The number of hydrogen-bond donors (Lipinski definition) is 2. The Morgan fingerprint density at radius 1 is 0.694 bits per heavy atom. The monoisotopic (exact) mass is 523 g/mol. The Hall–Kier alpha value is -1.38. The first-order chi connectivity index (χ1) is 17.7. The molecule has 1 amide bonds. The average Bonchev–Trinajstić information content (AvgIpc) is 2.88. The predicted molar refractivity (Wildman–Crippen MR) is 129 cm³/mol. The number of hydrogen-bond acceptors (Lipinski definition) is 10. The van der Waals surface area contributed by atoms with Gasteiger partial charge >= 0.3 is 5.97 Å². The number of ether oxygens (including phenoxy) is 8. The lowest BCUT2D eigenvalue weighted by Crippen LogP contribution is -2.25. The summed E-state index contributed by atoms with van der Waals surface area (Å²) in [5, 5.41) is 11.1. The van der Waals surface area contributed by atoms with Gasteiger partial charge in [0, 0.05) is 26.2 Å². The molecule has 0 radical (unpaired) electrons. The van der Waals surface area contributed by atoms with Crippen molar-refractivity contribution >= 4 is 11.9 Å². The van der Waals surface area contributed by atoms with Gasteiger partial charge in [-0.2, -0.15) is 0 Å². The van der Waals surface area contributed by atoms with Gasteiger partial charge in [0.25, 0.3) is 0 Å². The van der Waals surface area contributed by atoms with Gasteiger partial charge in [-0.05, 0) is 25.7 Å². The maximum absolute atomic E-state index is 11.3. The second kappa shape index (κ2) is 25.3. The molecule has 0 aromatic carbocycles. The van der Waals surface area contributed by atoms with Crippen molar-refractivity contribution in [3.8, 4) is 0 Å². The van der Waals surface area contributed by atoms with Crippen LogP contribution in [0.2, 0.25) is 0 Å². The van der Waals surface area contributed by atoms with Gasteiger partial charge < -0.3 is 48.3 Å². The molecule has 1 aliphatic rings. The van der Waals surface area contributed by atoms with Crippen LogP contribution in [0, 0.1) is 0 Å². The van der Waals surface area contributed by atoms with Gasteiger partial charge in [0.2, 0.25) is 5.91 Å². The van der Waals surface area contributed by atoms with Gasteiger partial charge in [-0.25, -0.2) is 0 Å². The van der Waals surface area contributed by atoms with Gasteiger partial charge in [-0.3, -0.25) is 9.59 Å². The second-order valence-electron chi connectivity index (χ2n) is 7.94. The number of amides is 1. The van der Waals surface area contributed by atoms with Gasteiger partial charge in [-0.1, -0.05) is 0 Å². The normalized spacial score (nSPS) is 15.7. The Labute approximate surface area is 214 Å². The van der Waals surface area contributed by atoms with E-state index in [4.69, 9.17) is 43.0 Å². The van der Waals surface area contributed by atoms with Gasteiger partial charge in [0.15, 0.2) is 6.29 Å². The van der Waals surface area contributed by atoms with Crippen LogP contribution < -0.4 is 5.32 Å². The highest BCUT2D eigenvalue weighted by Gasteiger charge is 2.13. The highest BCUT2D eigenvalue weighted by molar-refractivity contribution is 5.80. The minimum Gasteiger partial charge on any atom is -0.481 e. The lowest BCUT2D eigenvalue weighted by atomic mass is 10.2. The summed E-state index contributed by atoms with van der Waals surface area (Å²) in [6.45, 7) is 7.75. The van der Waals surface area contributed by atoms with E-state index in [0.717, 1.165) is 25.9 Å². The zero-order valence-corrected chi connectivity index (χ0v) is 21.5. The third kappa shape index (κ3) is 23.0. The standard InChI is InChI=1S/C24H45NO11/c26-22(5-6-23(27)28)25-7-3-8-29-10-11-30-12-13-31-14-15-32-16-17-33-18-19-34-20-21-36-24-4-1-2-9-35-24/h24H,1-21H2,(H,25,26)(H,27,28). The Morgan fingerprint density at radius 2 is 1.19 bits per heavy atom. The molecule has 0 aromatic rings. The summed E-state index contributed by atoms with van der Waals surface area (Å²) in [6, 6.07) is 0. The summed E-state index contributed by atoms with van der Waals surface area (Å²) in [6.07, 6.45) is 3.67. The number of nitrogens with one attached hydrogen (secondary N) is 1. The van der Waals surface area contributed by atoms with Crippen LogP contribution in [0.15, 0.2) is 0 Å². The number of carboxylic acids is 1. The molecule has 2 N–H and O–H groups in total. The van der Waals surface area contributed by atoms with Crippen molar-refractivity contribution in [2.24, 2.45) is 0 Å². The molecular formula is C24H45NO11. The lowest BCUT2D eigenvalue weighted by Gasteiger charge is -2.22. The van der Waals surface area contributed by atoms with Crippen molar-refractivity contribution in [3.63, 3.8) is 0 Å². The lowest BCUT2D eigenvalue weighted by molar-refractivity contribution is -0.169. The van der Waals surface area contributed by atoms with Crippen molar-refractivity contribution in [2.75, 3.05) is 99.0 Å². The van der Waals surface area contributed by atoms with Crippen LogP contribution in [0.5, 0.6) is 0 Å². The summed E-state index contributed by atoms with van der Waals surface area (Å²) in [4.78, 5) is 21.7. The van der Waals surface area contributed by atoms with E-state index < -0.39 is 5.97 Å². The number of rotatable bonds is 26. The van der Waals surface area contributed by atoms with Crippen molar-refractivity contribution < 1.29 is 52.6 Å². The van der Waals surface area contributed by atoms with Crippen LogP contribution >= 0.6 is 0 Å². The Bertz CT molecular complexity index is 518. The molecule has 12 nitrogen and oxygen atoms in total. The minimum absolute atomic E-state index is 0.00324. The zero-order chi connectivity index (χ0) is 25.9. The Kier molecular flexibility index (Phi) is 22.9. The van der Waals surface area contributed by atoms with E-state index in [1.807, 2.05) is 0 Å². The van der Waals surface area contributed by atoms with E-state index in [2.05, 4.69) is 5.32 Å². The van der Waals surface area contributed by atoms with Crippen LogP contribution in [0.25, 0.3) is 0 Å². The molecular weight excluding hydrogens is 478 g/mol. The van der Waals surface area contributed by atoms with Crippen LogP contribution in [0.3, 0.4) is 0 Å². The number of aliphatic carboxylic acids is 1. The first-order valence-corrected chi connectivity index (χ1v) is 12.9. The summed E-state index contributed by atoms with van der Waals surface area (Å²) in [5.41, 5.74) is 0. The summed E-state index contributed by atoms with van der Waals surface area (Å²) >= 11 is 0. The number of carboxylic acid groups (broad SMARTS) is 1. The third-order valence-corrected chi connectivity index (χ3v) is 4.88. The van der Waals surface area contributed by atoms with E-state index in [9.17, 15) is 9.59 Å². The second-order valence-corrected chi connectivity index (χ2v) is 7.94. The van der Waals surface area contributed by atoms with Crippen molar-refractivity contribution in [3.05, 3.63) is 0 Å². The minimum atomic E-state index is -0.978. The largest absolute Gasteiger partial charge is 0.481 e. The average molecular weight is 524 g/mol. The molecule has 1 rings (SSSR count). The fourth-order valence-electron chi connectivity index (χ4n) is 2.99. The van der Waals surface area contributed by atoms with Gasteiger partial charge in [0.1, 0.15) is 0 Å². The van der Waals surface area contributed by atoms with Gasteiger partial charge in [0.05, 0.1) is 85.7 Å². The molecule has 212 valence electrons. The first kappa shape index (κ1) is 32.6. The fraction of sp³-hybridized carbons (Fsp3) is 0.917. The molecule has 12 heteroatoms. The van der Waals surface area contributed by atoms with Crippen LogP contribution in [0.1, 0.15) is 38.5 Å². The molecule has 0 aromatic heterocycles. The SMILES string of the molecule is O=C(O)CCC(=O)NCCCOCCOCCOCCOCCOCCOCCOC1CCCCO1.